The number of carbonyl (C=O) groups excluding carboxylic acids is 1. The van der Waals surface area contributed by atoms with E-state index in [-0.39, 0.29) is 11.9 Å². The van der Waals surface area contributed by atoms with Crippen LogP contribution >= 0.6 is 0 Å². The van der Waals surface area contributed by atoms with E-state index in [0.717, 1.165) is 43.3 Å². The van der Waals surface area contributed by atoms with Crippen LogP contribution in [-0.2, 0) is 0 Å². The van der Waals surface area contributed by atoms with Crippen molar-refractivity contribution in [2.45, 2.75) is 18.9 Å². The Bertz CT molecular complexity index is 1060. The lowest BCUT2D eigenvalue weighted by Crippen LogP contribution is -2.49. The van der Waals surface area contributed by atoms with Crippen LogP contribution in [0.4, 0.5) is 5.95 Å². The minimum Gasteiger partial charge on any atom is -0.341 e. The van der Waals surface area contributed by atoms with Gasteiger partial charge in [0.1, 0.15) is 0 Å². The average Bonchev–Trinajstić information content (AvgIpc) is 3.39. The van der Waals surface area contributed by atoms with Gasteiger partial charge in [-0.3, -0.25) is 4.79 Å². The Morgan fingerprint density at radius 1 is 0.875 bits per heavy atom. The topological polar surface area (TPSA) is 52.6 Å². The molecule has 3 aromatic rings. The highest BCUT2D eigenvalue weighted by Crippen LogP contribution is 2.28. The number of amides is 1. The second-order valence-corrected chi connectivity index (χ2v) is 8.73. The third kappa shape index (κ3) is 4.23. The molecule has 32 heavy (non-hydrogen) atoms. The number of piperazine rings is 1. The number of rotatable bonds is 4. The number of aromatic nitrogens is 2. The molecule has 2 aromatic carbocycles. The van der Waals surface area contributed by atoms with Crippen molar-refractivity contribution >= 4 is 11.9 Å². The summed E-state index contributed by atoms with van der Waals surface area (Å²) < 4.78 is 0. The van der Waals surface area contributed by atoms with Gasteiger partial charge in [0.15, 0.2) is 0 Å². The van der Waals surface area contributed by atoms with E-state index in [1.165, 1.54) is 18.4 Å². The van der Waals surface area contributed by atoms with Crippen LogP contribution in [0.15, 0.2) is 67.0 Å². The van der Waals surface area contributed by atoms with Gasteiger partial charge in [-0.25, -0.2) is 9.97 Å². The predicted molar refractivity (Wildman–Crippen MR) is 127 cm³/mol. The normalized spacial score (nSPS) is 19.3. The summed E-state index contributed by atoms with van der Waals surface area (Å²) in [5.41, 5.74) is 3.78. The summed E-state index contributed by atoms with van der Waals surface area (Å²) in [5, 5.41) is 0. The Labute approximate surface area is 189 Å². The largest absolute Gasteiger partial charge is 0.341 e. The number of hydrogen-bond acceptors (Lipinski definition) is 5. The van der Waals surface area contributed by atoms with E-state index in [1.807, 2.05) is 59.8 Å². The van der Waals surface area contributed by atoms with Gasteiger partial charge in [0.25, 0.3) is 5.91 Å². The fourth-order valence-electron chi connectivity index (χ4n) is 4.67. The molecule has 0 unspecified atom stereocenters. The highest BCUT2D eigenvalue weighted by Gasteiger charge is 2.30. The zero-order valence-electron chi connectivity index (χ0n) is 18.5. The van der Waals surface area contributed by atoms with E-state index in [9.17, 15) is 4.79 Å². The molecule has 2 aliphatic heterocycles. The van der Waals surface area contributed by atoms with Crippen LogP contribution in [0.5, 0.6) is 0 Å². The van der Waals surface area contributed by atoms with Gasteiger partial charge in [-0.15, -0.1) is 0 Å². The lowest BCUT2D eigenvalue weighted by atomic mass is 10.00. The zero-order chi connectivity index (χ0) is 21.9. The Morgan fingerprint density at radius 2 is 1.62 bits per heavy atom. The monoisotopic (exact) mass is 427 g/mol. The summed E-state index contributed by atoms with van der Waals surface area (Å²) in [7, 11) is 2.12. The second-order valence-electron chi connectivity index (χ2n) is 8.73. The smallest absolute Gasteiger partial charge is 0.254 e. The van der Waals surface area contributed by atoms with Crippen LogP contribution in [0.1, 0.15) is 34.8 Å². The molecule has 0 N–H and O–H groups in total. The lowest BCUT2D eigenvalue weighted by molar-refractivity contribution is 0.0498. The molecule has 0 saturated carbocycles. The van der Waals surface area contributed by atoms with Crippen molar-refractivity contribution in [2.24, 2.45) is 0 Å². The lowest BCUT2D eigenvalue weighted by Gasteiger charge is -2.40. The minimum absolute atomic E-state index is 0.0502. The summed E-state index contributed by atoms with van der Waals surface area (Å²) in [6.07, 6.45) is 6.14. The molecule has 2 saturated heterocycles. The second kappa shape index (κ2) is 9.09. The van der Waals surface area contributed by atoms with E-state index >= 15 is 0 Å². The molecule has 6 heteroatoms. The van der Waals surface area contributed by atoms with E-state index in [0.29, 0.717) is 12.1 Å². The molecule has 0 bridgehead atoms. The first-order chi connectivity index (χ1) is 15.7. The maximum Gasteiger partial charge on any atom is 0.254 e. The standard InChI is InChI=1S/C26H29N5O/c1-29-14-15-31(24(19-29)20-8-3-2-4-9-20)25(32)22-11-7-10-21(16-22)23-17-27-26(28-18-23)30-12-5-6-13-30/h2-4,7-11,16-18,24H,5-6,12-15,19H2,1H3/t24-/m0/s1. The summed E-state index contributed by atoms with van der Waals surface area (Å²) in [6, 6.07) is 18.2. The molecule has 1 atom stereocenters. The van der Waals surface area contributed by atoms with Crippen LogP contribution in [-0.4, -0.2) is 65.4 Å². The SMILES string of the molecule is CN1CCN(C(=O)c2cccc(-c3cnc(N4CCCC4)nc3)c2)[C@H](c2ccccc2)C1. The fourth-order valence-corrected chi connectivity index (χ4v) is 4.67. The number of anilines is 1. The Hall–Kier alpha value is -3.25. The van der Waals surface area contributed by atoms with Crippen molar-refractivity contribution in [1.82, 2.24) is 19.8 Å². The molecule has 1 aromatic heterocycles. The van der Waals surface area contributed by atoms with Crippen LogP contribution in [0.3, 0.4) is 0 Å². The summed E-state index contributed by atoms with van der Waals surface area (Å²) >= 11 is 0. The molecule has 0 aliphatic carbocycles. The number of nitrogens with zero attached hydrogens (tertiary/aromatic N) is 5. The average molecular weight is 428 g/mol. The number of benzene rings is 2. The molecule has 3 heterocycles. The first-order valence-corrected chi connectivity index (χ1v) is 11.4. The van der Waals surface area contributed by atoms with Crippen LogP contribution in [0.25, 0.3) is 11.1 Å². The first kappa shape index (κ1) is 20.6. The zero-order valence-corrected chi connectivity index (χ0v) is 18.5. The van der Waals surface area contributed by atoms with E-state index < -0.39 is 0 Å². The van der Waals surface area contributed by atoms with Gasteiger partial charge >= 0.3 is 0 Å². The molecule has 164 valence electrons. The molecule has 2 fully saturated rings. The number of likely N-dealkylation sites (N-methyl/N-ethyl adjacent to an activating group) is 1. The van der Waals surface area contributed by atoms with Gasteiger partial charge in [-0.2, -0.15) is 0 Å². The molecular formula is C26H29N5O. The molecule has 1 amide bonds. The maximum atomic E-state index is 13.6. The Balaban J connectivity index is 1.39. The van der Waals surface area contributed by atoms with Crippen LogP contribution in [0.2, 0.25) is 0 Å². The highest BCUT2D eigenvalue weighted by atomic mass is 16.2. The summed E-state index contributed by atoms with van der Waals surface area (Å²) in [6.45, 7) is 4.47. The van der Waals surface area contributed by atoms with Gasteiger partial charge in [-0.1, -0.05) is 42.5 Å². The molecule has 5 rings (SSSR count). The molecular weight excluding hydrogens is 398 g/mol. The van der Waals surface area contributed by atoms with Gasteiger partial charge in [0.2, 0.25) is 5.95 Å². The fraction of sp³-hybridized carbons (Fsp3) is 0.346. The van der Waals surface area contributed by atoms with Crippen molar-refractivity contribution in [3.05, 3.63) is 78.1 Å². The van der Waals surface area contributed by atoms with Crippen LogP contribution in [0, 0.1) is 0 Å². The minimum atomic E-state index is 0.0502. The summed E-state index contributed by atoms with van der Waals surface area (Å²) in [5.74, 6) is 0.866. The van der Waals surface area contributed by atoms with Gasteiger partial charge in [-0.05, 0) is 43.1 Å². The third-order valence-corrected chi connectivity index (χ3v) is 6.50. The van der Waals surface area contributed by atoms with Crippen molar-refractivity contribution in [3.8, 4) is 11.1 Å². The van der Waals surface area contributed by atoms with Crippen molar-refractivity contribution in [2.75, 3.05) is 44.7 Å². The number of hydrogen-bond donors (Lipinski definition) is 0. The van der Waals surface area contributed by atoms with E-state index in [4.69, 9.17) is 0 Å². The molecule has 2 aliphatic rings. The van der Waals surface area contributed by atoms with Gasteiger partial charge < -0.3 is 14.7 Å². The molecule has 0 spiro atoms. The van der Waals surface area contributed by atoms with Crippen molar-refractivity contribution in [1.29, 1.82) is 0 Å². The maximum absolute atomic E-state index is 13.6. The Kier molecular flexibility index (Phi) is 5.86. The van der Waals surface area contributed by atoms with Crippen LogP contribution < -0.4 is 4.90 Å². The van der Waals surface area contributed by atoms with E-state index in [2.05, 4.69) is 38.9 Å². The quantitative estimate of drug-likeness (QED) is 0.633. The predicted octanol–water partition coefficient (Wildman–Crippen LogP) is 3.87. The van der Waals surface area contributed by atoms with Crippen molar-refractivity contribution in [3.63, 3.8) is 0 Å². The van der Waals surface area contributed by atoms with Crippen molar-refractivity contribution < 1.29 is 4.79 Å². The summed E-state index contributed by atoms with van der Waals surface area (Å²) in [4.78, 5) is 29.2. The van der Waals surface area contributed by atoms with Gasteiger partial charge in [0, 0.05) is 56.2 Å². The third-order valence-electron chi connectivity index (χ3n) is 6.50. The van der Waals surface area contributed by atoms with E-state index in [1.54, 1.807) is 0 Å². The Morgan fingerprint density at radius 3 is 2.38 bits per heavy atom. The molecule has 0 radical (unpaired) electrons. The van der Waals surface area contributed by atoms with Gasteiger partial charge in [0.05, 0.1) is 6.04 Å². The number of carbonyl (C=O) groups is 1. The molecule has 6 nitrogen and oxygen atoms in total. The first-order valence-electron chi connectivity index (χ1n) is 11.4. The highest BCUT2D eigenvalue weighted by molar-refractivity contribution is 5.95.